The van der Waals surface area contributed by atoms with E-state index in [4.69, 9.17) is 9.15 Å². The number of nitrogens with zero attached hydrogens (tertiary/aromatic N) is 4. The molecule has 4 heterocycles. The van der Waals surface area contributed by atoms with Crippen LogP contribution in [0.2, 0.25) is 0 Å². The lowest BCUT2D eigenvalue weighted by atomic mass is 10.2. The van der Waals surface area contributed by atoms with E-state index in [9.17, 15) is 0 Å². The zero-order chi connectivity index (χ0) is 17.5. The molecule has 1 atom stereocenters. The van der Waals surface area contributed by atoms with Crippen molar-refractivity contribution in [1.82, 2.24) is 19.5 Å². The van der Waals surface area contributed by atoms with Crippen LogP contribution in [0.5, 0.6) is 0 Å². The first kappa shape index (κ1) is 15.3. The van der Waals surface area contributed by atoms with Crippen molar-refractivity contribution >= 4 is 28.1 Å². The number of aryl methyl sites for hydroxylation is 1. The summed E-state index contributed by atoms with van der Waals surface area (Å²) in [6, 6.07) is 9.85. The number of rotatable bonds is 4. The molecule has 26 heavy (non-hydrogen) atoms. The third-order valence-electron chi connectivity index (χ3n) is 4.75. The van der Waals surface area contributed by atoms with Gasteiger partial charge >= 0.3 is 0 Å². The molecular weight excluding hydrogens is 330 g/mol. The average molecular weight is 349 g/mol. The van der Waals surface area contributed by atoms with Gasteiger partial charge in [-0.25, -0.2) is 9.97 Å². The Morgan fingerprint density at radius 2 is 2.08 bits per heavy atom. The van der Waals surface area contributed by atoms with Crippen molar-refractivity contribution in [3.63, 3.8) is 0 Å². The summed E-state index contributed by atoms with van der Waals surface area (Å²) >= 11 is 0. The molecule has 1 aliphatic rings. The summed E-state index contributed by atoms with van der Waals surface area (Å²) in [5.74, 6) is 1.27. The Labute approximate surface area is 150 Å². The van der Waals surface area contributed by atoms with Crippen LogP contribution in [0.4, 0.5) is 5.82 Å². The SMILES string of the molecule is Cn1cnc2c(NCC3CCCO3)nc3oc(-c4ccccc4)nc3c21. The maximum atomic E-state index is 5.96. The van der Waals surface area contributed by atoms with E-state index >= 15 is 0 Å². The number of anilines is 1. The molecular formula is C19H19N5O2. The molecule has 1 aromatic carbocycles. The Bertz CT molecular complexity index is 1060. The number of benzene rings is 1. The molecule has 5 rings (SSSR count). The second-order valence-corrected chi connectivity index (χ2v) is 6.57. The quantitative estimate of drug-likeness (QED) is 0.609. The highest BCUT2D eigenvalue weighted by Gasteiger charge is 2.20. The highest BCUT2D eigenvalue weighted by molar-refractivity contribution is 6.03. The van der Waals surface area contributed by atoms with Gasteiger partial charge in [-0.3, -0.25) is 0 Å². The lowest BCUT2D eigenvalue weighted by Crippen LogP contribution is -2.19. The molecule has 132 valence electrons. The molecule has 7 nitrogen and oxygen atoms in total. The fraction of sp³-hybridized carbons (Fsp3) is 0.316. The van der Waals surface area contributed by atoms with Gasteiger partial charge in [0.05, 0.1) is 12.4 Å². The van der Waals surface area contributed by atoms with Crippen molar-refractivity contribution < 1.29 is 9.15 Å². The van der Waals surface area contributed by atoms with Gasteiger partial charge in [-0.2, -0.15) is 4.98 Å². The van der Waals surface area contributed by atoms with Crippen molar-refractivity contribution in [3.8, 4) is 11.5 Å². The predicted molar refractivity (Wildman–Crippen MR) is 99.0 cm³/mol. The molecule has 1 N–H and O–H groups in total. The maximum Gasteiger partial charge on any atom is 0.251 e. The lowest BCUT2D eigenvalue weighted by molar-refractivity contribution is 0.120. The lowest BCUT2D eigenvalue weighted by Gasteiger charge is -2.11. The van der Waals surface area contributed by atoms with Gasteiger partial charge < -0.3 is 19.0 Å². The van der Waals surface area contributed by atoms with E-state index in [2.05, 4.69) is 20.3 Å². The van der Waals surface area contributed by atoms with Crippen LogP contribution in [0.15, 0.2) is 41.1 Å². The van der Waals surface area contributed by atoms with E-state index in [1.807, 2.05) is 41.9 Å². The minimum atomic E-state index is 0.223. The van der Waals surface area contributed by atoms with Gasteiger partial charge in [0.25, 0.3) is 5.71 Å². The fourth-order valence-corrected chi connectivity index (χ4v) is 3.42. The smallest absolute Gasteiger partial charge is 0.251 e. The summed E-state index contributed by atoms with van der Waals surface area (Å²) in [6.07, 6.45) is 4.18. The molecule has 0 aliphatic carbocycles. The monoisotopic (exact) mass is 349 g/mol. The molecule has 0 bridgehead atoms. The van der Waals surface area contributed by atoms with Crippen LogP contribution in [-0.4, -0.2) is 38.8 Å². The van der Waals surface area contributed by atoms with E-state index in [1.165, 1.54) is 0 Å². The normalized spacial score (nSPS) is 17.3. The van der Waals surface area contributed by atoms with Crippen LogP contribution < -0.4 is 5.32 Å². The molecule has 0 spiro atoms. The number of fused-ring (bicyclic) bond motifs is 3. The van der Waals surface area contributed by atoms with Gasteiger partial charge in [-0.05, 0) is 25.0 Å². The Morgan fingerprint density at radius 1 is 1.19 bits per heavy atom. The Hall–Kier alpha value is -2.93. The van der Waals surface area contributed by atoms with Crippen LogP contribution in [-0.2, 0) is 11.8 Å². The molecule has 1 aliphatic heterocycles. The fourth-order valence-electron chi connectivity index (χ4n) is 3.42. The van der Waals surface area contributed by atoms with Crippen molar-refractivity contribution in [2.45, 2.75) is 18.9 Å². The van der Waals surface area contributed by atoms with Crippen LogP contribution in [0.3, 0.4) is 0 Å². The molecule has 1 unspecified atom stereocenters. The van der Waals surface area contributed by atoms with Crippen molar-refractivity contribution in [2.75, 3.05) is 18.5 Å². The minimum Gasteiger partial charge on any atom is -0.418 e. The number of hydrogen-bond donors (Lipinski definition) is 1. The van der Waals surface area contributed by atoms with Crippen LogP contribution in [0.25, 0.3) is 33.7 Å². The molecule has 0 amide bonds. The molecule has 0 saturated carbocycles. The summed E-state index contributed by atoms with van der Waals surface area (Å²) < 4.78 is 13.6. The Morgan fingerprint density at radius 3 is 2.88 bits per heavy atom. The zero-order valence-electron chi connectivity index (χ0n) is 14.5. The van der Waals surface area contributed by atoms with E-state index in [0.29, 0.717) is 24.0 Å². The van der Waals surface area contributed by atoms with Gasteiger partial charge in [0.15, 0.2) is 11.3 Å². The van der Waals surface area contributed by atoms with Gasteiger partial charge in [0.2, 0.25) is 5.89 Å². The van der Waals surface area contributed by atoms with Gasteiger partial charge in [-0.15, -0.1) is 0 Å². The van der Waals surface area contributed by atoms with E-state index in [1.54, 1.807) is 6.33 Å². The first-order chi connectivity index (χ1) is 12.8. The highest BCUT2D eigenvalue weighted by atomic mass is 16.5. The standard InChI is InChI=1S/C19H19N5O2/c1-24-11-21-14-16(24)15-19(23-17(14)20-10-13-8-5-9-25-13)26-18(22-15)12-6-3-2-4-7-12/h2-4,6-7,11,13H,5,8-10H2,1H3,(H,20,23). The predicted octanol–water partition coefficient (Wildman–Crippen LogP) is 3.37. The second kappa shape index (κ2) is 6.10. The third kappa shape index (κ3) is 2.52. The summed E-state index contributed by atoms with van der Waals surface area (Å²) in [7, 11) is 1.95. The molecule has 0 radical (unpaired) electrons. The number of oxazole rings is 1. The number of hydrogen-bond acceptors (Lipinski definition) is 6. The number of aromatic nitrogens is 4. The average Bonchev–Trinajstić information content (AvgIpc) is 3.40. The van der Waals surface area contributed by atoms with Gasteiger partial charge in [-0.1, -0.05) is 18.2 Å². The van der Waals surface area contributed by atoms with Crippen LogP contribution >= 0.6 is 0 Å². The summed E-state index contributed by atoms with van der Waals surface area (Å²) in [5.41, 5.74) is 3.87. The van der Waals surface area contributed by atoms with Gasteiger partial charge in [0.1, 0.15) is 11.0 Å². The highest BCUT2D eigenvalue weighted by Crippen LogP contribution is 2.31. The Balaban J connectivity index is 1.61. The minimum absolute atomic E-state index is 0.223. The summed E-state index contributed by atoms with van der Waals surface area (Å²) in [6.45, 7) is 1.55. The first-order valence-corrected chi connectivity index (χ1v) is 8.82. The zero-order valence-corrected chi connectivity index (χ0v) is 14.5. The number of ether oxygens (including phenoxy) is 1. The molecule has 1 fully saturated rings. The number of imidazole rings is 1. The number of nitrogens with one attached hydrogen (secondary N) is 1. The molecule has 7 heteroatoms. The van der Waals surface area contributed by atoms with Crippen molar-refractivity contribution in [2.24, 2.45) is 7.05 Å². The van der Waals surface area contributed by atoms with Gasteiger partial charge in [0, 0.05) is 25.8 Å². The second-order valence-electron chi connectivity index (χ2n) is 6.57. The largest absolute Gasteiger partial charge is 0.418 e. The van der Waals surface area contributed by atoms with Crippen molar-refractivity contribution in [1.29, 1.82) is 0 Å². The topological polar surface area (TPSA) is 78.0 Å². The summed E-state index contributed by atoms with van der Waals surface area (Å²) in [5, 5.41) is 3.38. The van der Waals surface area contributed by atoms with Crippen LogP contribution in [0.1, 0.15) is 12.8 Å². The van der Waals surface area contributed by atoms with E-state index in [-0.39, 0.29) is 6.10 Å². The molecule has 3 aromatic heterocycles. The van der Waals surface area contributed by atoms with Crippen LogP contribution in [0, 0.1) is 0 Å². The number of pyridine rings is 1. The summed E-state index contributed by atoms with van der Waals surface area (Å²) in [4.78, 5) is 13.8. The maximum absolute atomic E-state index is 5.96. The van der Waals surface area contributed by atoms with E-state index in [0.717, 1.165) is 41.6 Å². The molecule has 1 saturated heterocycles. The Kier molecular flexibility index (Phi) is 3.60. The third-order valence-corrected chi connectivity index (χ3v) is 4.75. The first-order valence-electron chi connectivity index (χ1n) is 8.82. The van der Waals surface area contributed by atoms with E-state index < -0.39 is 0 Å². The van der Waals surface area contributed by atoms with Crippen molar-refractivity contribution in [3.05, 3.63) is 36.7 Å². The molecule has 4 aromatic rings.